The monoisotopic (exact) mass is 648 g/mol. The molecule has 3 fully saturated rings. The molecule has 0 unspecified atom stereocenters. The van der Waals surface area contributed by atoms with Gasteiger partial charge in [0.25, 0.3) is 0 Å². The maximum Gasteiger partial charge on any atom is 0.229 e. The van der Waals surface area contributed by atoms with Gasteiger partial charge in [-0.3, -0.25) is 9.59 Å². The van der Waals surface area contributed by atoms with Crippen molar-refractivity contribution < 1.29 is 54.8 Å². The smallest absolute Gasteiger partial charge is 0.229 e. The Kier molecular flexibility index (Phi) is 9.12. The molecule has 0 bridgehead atoms. The molecule has 0 aromatic carbocycles. The zero-order valence-corrected chi connectivity index (χ0v) is 27.8. The third-order valence-electron chi connectivity index (χ3n) is 13.0. The van der Waals surface area contributed by atoms with Gasteiger partial charge in [0.1, 0.15) is 30.2 Å². The zero-order valence-electron chi connectivity index (χ0n) is 27.8. The van der Waals surface area contributed by atoms with E-state index < -0.39 is 89.0 Å². The molecule has 0 amide bonds. The van der Waals surface area contributed by atoms with Crippen LogP contribution in [0.2, 0.25) is 0 Å². The Morgan fingerprint density at radius 3 is 2.39 bits per heavy atom. The maximum absolute atomic E-state index is 14.5. The predicted molar refractivity (Wildman–Crippen MR) is 166 cm³/mol. The van der Waals surface area contributed by atoms with Crippen LogP contribution in [0, 0.1) is 34.0 Å². The van der Waals surface area contributed by atoms with Crippen LogP contribution in [-0.2, 0) is 19.1 Å². The van der Waals surface area contributed by atoms with Crippen LogP contribution in [0.4, 0.5) is 0 Å². The summed E-state index contributed by atoms with van der Waals surface area (Å²) in [4.78, 5) is 28.2. The molecule has 46 heavy (non-hydrogen) atoms. The first-order chi connectivity index (χ1) is 21.3. The van der Waals surface area contributed by atoms with Crippen molar-refractivity contribution >= 4 is 11.6 Å². The van der Waals surface area contributed by atoms with Crippen LogP contribution in [0.25, 0.3) is 0 Å². The summed E-state index contributed by atoms with van der Waals surface area (Å²) in [7, 11) is 0. The Bertz CT molecular complexity index is 1330. The highest BCUT2D eigenvalue weighted by Gasteiger charge is 2.74. The number of fused-ring (bicyclic) bond motifs is 5. The number of hydrogen-bond donors (Lipinski definition) is 7. The second-order valence-corrected chi connectivity index (χ2v) is 15.6. The summed E-state index contributed by atoms with van der Waals surface area (Å²) in [5.41, 5.74) is -1.96. The fourth-order valence-electron chi connectivity index (χ4n) is 10.2. The van der Waals surface area contributed by atoms with Crippen molar-refractivity contribution in [3.8, 4) is 0 Å². The number of Topliss-reactive ketones (excluding diaryl/α,β-unsaturated/α-hetero) is 2. The number of hydrogen-bond acceptors (Lipinski definition) is 11. The molecule has 0 aromatic rings. The predicted octanol–water partition coefficient (Wildman–Crippen LogP) is 1.45. The molecule has 5 rings (SSSR count). The van der Waals surface area contributed by atoms with Crippen LogP contribution in [0.15, 0.2) is 35.1 Å². The van der Waals surface area contributed by atoms with E-state index in [4.69, 9.17) is 9.47 Å². The van der Waals surface area contributed by atoms with Gasteiger partial charge in [0.15, 0.2) is 11.5 Å². The van der Waals surface area contributed by atoms with Gasteiger partial charge in [0.05, 0.1) is 24.4 Å². The van der Waals surface area contributed by atoms with E-state index in [-0.39, 0.29) is 36.7 Å². The van der Waals surface area contributed by atoms with Crippen LogP contribution in [0.1, 0.15) is 80.1 Å². The van der Waals surface area contributed by atoms with E-state index in [2.05, 4.69) is 13.5 Å². The van der Waals surface area contributed by atoms with Crippen molar-refractivity contribution in [1.29, 1.82) is 0 Å². The van der Waals surface area contributed by atoms with E-state index in [1.165, 1.54) is 0 Å². The summed E-state index contributed by atoms with van der Waals surface area (Å²) in [6.45, 7) is 14.3. The van der Waals surface area contributed by atoms with Crippen molar-refractivity contribution in [2.75, 3.05) is 6.61 Å². The van der Waals surface area contributed by atoms with Gasteiger partial charge >= 0.3 is 0 Å². The summed E-state index contributed by atoms with van der Waals surface area (Å²) >= 11 is 0. The van der Waals surface area contributed by atoms with Gasteiger partial charge < -0.3 is 45.2 Å². The normalized spacial score (nSPS) is 46.1. The average molecular weight is 649 g/mol. The molecule has 4 aliphatic carbocycles. The van der Waals surface area contributed by atoms with Crippen LogP contribution < -0.4 is 0 Å². The van der Waals surface area contributed by atoms with Crippen LogP contribution in [-0.4, -0.2) is 102 Å². The largest absolute Gasteiger partial charge is 0.458 e. The van der Waals surface area contributed by atoms with Crippen LogP contribution in [0.5, 0.6) is 0 Å². The third-order valence-corrected chi connectivity index (χ3v) is 13.0. The molecule has 5 aliphatic rings. The van der Waals surface area contributed by atoms with Crippen molar-refractivity contribution in [2.24, 2.45) is 34.0 Å². The second-order valence-electron chi connectivity index (χ2n) is 15.6. The number of ketones is 2. The summed E-state index contributed by atoms with van der Waals surface area (Å²) in [6.07, 6.45) is -6.08. The summed E-state index contributed by atoms with van der Waals surface area (Å²) < 4.78 is 11.3. The lowest BCUT2D eigenvalue weighted by molar-refractivity contribution is -0.291. The topological polar surface area (TPSA) is 194 Å². The van der Waals surface area contributed by atoms with E-state index in [0.29, 0.717) is 24.8 Å². The molecule has 2 saturated carbocycles. The lowest BCUT2D eigenvalue weighted by Crippen LogP contribution is -2.64. The Hall–Kier alpha value is -1.96. The molecular formula is C35H52O11. The summed E-state index contributed by atoms with van der Waals surface area (Å²) in [5.74, 6) is -2.04. The molecule has 7 N–H and O–H groups in total. The van der Waals surface area contributed by atoms with E-state index >= 15 is 0 Å². The van der Waals surface area contributed by atoms with Crippen LogP contribution >= 0.6 is 0 Å². The highest BCUT2D eigenvalue weighted by molar-refractivity contribution is 5.99. The minimum atomic E-state index is -1.68. The highest BCUT2D eigenvalue weighted by atomic mass is 16.7. The SMILES string of the molecule is C=C(C)CC[C@H](O)[C@](C)(O)[C@H]1[C@H](O)C[C@@]2(C)[C@@H]3CC=C4C(C)=C(O[C@@H]5O[C@H](CO)[C@@H](O)[C@H](O)[C@H]5O)C(=O)C[C@H]4[C@]3(C)C(=O)C[C@]12C. The molecule has 0 spiro atoms. The molecule has 1 saturated heterocycles. The van der Waals surface area contributed by atoms with Crippen molar-refractivity contribution in [3.05, 3.63) is 35.1 Å². The van der Waals surface area contributed by atoms with Gasteiger partial charge in [0.2, 0.25) is 6.29 Å². The molecule has 11 nitrogen and oxygen atoms in total. The van der Waals surface area contributed by atoms with E-state index in [1.54, 1.807) is 13.8 Å². The van der Waals surface area contributed by atoms with Crippen molar-refractivity contribution in [1.82, 2.24) is 0 Å². The number of carbonyl (C=O) groups excluding carboxylic acids is 2. The Labute approximate surface area is 270 Å². The minimum Gasteiger partial charge on any atom is -0.458 e. The zero-order chi connectivity index (χ0) is 34.3. The quantitative estimate of drug-likeness (QED) is 0.188. The molecule has 0 radical (unpaired) electrons. The molecule has 0 aromatic heterocycles. The van der Waals surface area contributed by atoms with Crippen molar-refractivity contribution in [2.45, 2.75) is 129 Å². The van der Waals surface area contributed by atoms with Crippen molar-refractivity contribution in [3.63, 3.8) is 0 Å². The molecular weight excluding hydrogens is 596 g/mol. The maximum atomic E-state index is 14.5. The molecule has 14 atom stereocenters. The standard InChI is InChI=1S/C35H52O11/c1-16(2)8-11-24(39)35(7,44)30-21(38)13-32(4)23-10-9-18-17(3)29(46-31-28(43)27(42)26(41)22(15-36)45-31)20(37)12-19(18)34(23,6)25(40)14-33(30,32)5/h9,19,21-24,26-28,30-31,36,38-39,41-44H,1,8,10-15H2,2-7H3/t19-,21-,22-,23+,24+,26-,27+,28-,30+,31+,32+,33-,34+,35+/m1/s1. The summed E-state index contributed by atoms with van der Waals surface area (Å²) in [5, 5.41) is 75.0. The average Bonchev–Trinajstić information content (AvgIpc) is 3.18. The summed E-state index contributed by atoms with van der Waals surface area (Å²) in [6, 6.07) is 0. The molecule has 258 valence electrons. The van der Waals surface area contributed by atoms with E-state index in [0.717, 1.165) is 11.1 Å². The van der Waals surface area contributed by atoms with Gasteiger partial charge in [-0.25, -0.2) is 0 Å². The number of allylic oxidation sites excluding steroid dienone is 5. The number of aliphatic hydroxyl groups is 7. The van der Waals surface area contributed by atoms with Crippen LogP contribution in [0.3, 0.4) is 0 Å². The number of ether oxygens (including phenoxy) is 2. The fourth-order valence-corrected chi connectivity index (χ4v) is 10.2. The first-order valence-corrected chi connectivity index (χ1v) is 16.4. The Balaban J connectivity index is 1.48. The van der Waals surface area contributed by atoms with Gasteiger partial charge in [0, 0.05) is 30.1 Å². The van der Waals surface area contributed by atoms with Gasteiger partial charge in [-0.15, -0.1) is 6.58 Å². The molecule has 1 heterocycles. The number of aliphatic hydroxyl groups excluding tert-OH is 6. The highest BCUT2D eigenvalue weighted by Crippen LogP contribution is 2.73. The molecule has 1 aliphatic heterocycles. The van der Waals surface area contributed by atoms with Gasteiger partial charge in [-0.2, -0.15) is 0 Å². The van der Waals surface area contributed by atoms with E-state index in [1.807, 2.05) is 26.8 Å². The Morgan fingerprint density at radius 1 is 1.13 bits per heavy atom. The molecule has 11 heteroatoms. The van der Waals surface area contributed by atoms with Gasteiger partial charge in [-0.05, 0) is 74.3 Å². The van der Waals surface area contributed by atoms with E-state index in [9.17, 15) is 45.3 Å². The Morgan fingerprint density at radius 2 is 1.78 bits per heavy atom. The second kappa shape index (κ2) is 11.9. The van der Waals surface area contributed by atoms with Gasteiger partial charge in [-0.1, -0.05) is 32.4 Å². The number of rotatable bonds is 8. The minimum absolute atomic E-state index is 0.0508. The lowest BCUT2D eigenvalue weighted by atomic mass is 9.39. The first-order valence-electron chi connectivity index (χ1n) is 16.4. The lowest BCUT2D eigenvalue weighted by Gasteiger charge is -2.63. The number of carbonyl (C=O) groups is 2. The third kappa shape index (κ3) is 5.00. The first kappa shape index (κ1) is 35.3. The fraction of sp³-hybridized carbons (Fsp3) is 0.771.